The number of alkyl halides is 1. The van der Waals surface area contributed by atoms with Gasteiger partial charge in [0.15, 0.2) is 0 Å². The first-order chi connectivity index (χ1) is 8.74. The first-order valence-electron chi connectivity index (χ1n) is 6.75. The Morgan fingerprint density at radius 1 is 1.11 bits per heavy atom. The van der Waals surface area contributed by atoms with Gasteiger partial charge < -0.3 is 0 Å². The van der Waals surface area contributed by atoms with Gasteiger partial charge in [-0.25, -0.2) is 0 Å². The van der Waals surface area contributed by atoms with Crippen molar-refractivity contribution in [2.75, 3.05) is 0 Å². The lowest BCUT2D eigenvalue weighted by Crippen LogP contribution is -2.17. The molecule has 0 saturated heterocycles. The minimum absolute atomic E-state index is 0.301. The van der Waals surface area contributed by atoms with E-state index in [1.165, 1.54) is 30.2 Å². The SMILES string of the molecule is Cc1ccc2cc(C3CCCCC3Cl)ccc2n1. The molecule has 2 atom stereocenters. The molecule has 0 N–H and O–H groups in total. The van der Waals surface area contributed by atoms with Gasteiger partial charge in [0.25, 0.3) is 0 Å². The Labute approximate surface area is 113 Å². The van der Waals surface area contributed by atoms with Crippen LogP contribution in [-0.2, 0) is 0 Å². The summed E-state index contributed by atoms with van der Waals surface area (Å²) in [6.07, 6.45) is 4.95. The largest absolute Gasteiger partial charge is 0.253 e. The Balaban J connectivity index is 1.99. The predicted molar refractivity (Wildman–Crippen MR) is 77.3 cm³/mol. The third-order valence-corrected chi connectivity index (χ3v) is 4.48. The number of aromatic nitrogens is 1. The zero-order chi connectivity index (χ0) is 12.5. The molecular formula is C16H18ClN. The van der Waals surface area contributed by atoms with Crippen LogP contribution in [0, 0.1) is 6.92 Å². The van der Waals surface area contributed by atoms with Crippen molar-refractivity contribution in [1.29, 1.82) is 0 Å². The van der Waals surface area contributed by atoms with E-state index >= 15 is 0 Å². The van der Waals surface area contributed by atoms with Gasteiger partial charge in [-0.3, -0.25) is 4.98 Å². The summed E-state index contributed by atoms with van der Waals surface area (Å²) in [6, 6.07) is 10.8. The van der Waals surface area contributed by atoms with E-state index in [4.69, 9.17) is 11.6 Å². The first kappa shape index (κ1) is 12.0. The number of fused-ring (bicyclic) bond motifs is 1. The summed E-state index contributed by atoms with van der Waals surface area (Å²) < 4.78 is 0. The second kappa shape index (κ2) is 4.89. The normalized spacial score (nSPS) is 24.3. The van der Waals surface area contributed by atoms with Gasteiger partial charge in [0.1, 0.15) is 0 Å². The lowest BCUT2D eigenvalue weighted by Gasteiger charge is -2.27. The molecule has 1 nitrogen and oxygen atoms in total. The van der Waals surface area contributed by atoms with Crippen LogP contribution in [0.15, 0.2) is 30.3 Å². The molecular weight excluding hydrogens is 242 g/mol. The van der Waals surface area contributed by atoms with E-state index in [0.29, 0.717) is 11.3 Å². The maximum absolute atomic E-state index is 6.48. The number of halogens is 1. The van der Waals surface area contributed by atoms with Crippen LogP contribution in [0.25, 0.3) is 10.9 Å². The van der Waals surface area contributed by atoms with Gasteiger partial charge in [0.2, 0.25) is 0 Å². The van der Waals surface area contributed by atoms with E-state index in [2.05, 4.69) is 35.3 Å². The molecule has 1 fully saturated rings. The van der Waals surface area contributed by atoms with E-state index in [9.17, 15) is 0 Å². The highest BCUT2D eigenvalue weighted by molar-refractivity contribution is 6.21. The molecule has 0 bridgehead atoms. The van der Waals surface area contributed by atoms with Gasteiger partial charge in [-0.05, 0) is 43.5 Å². The monoisotopic (exact) mass is 259 g/mol. The Morgan fingerprint density at radius 3 is 2.78 bits per heavy atom. The van der Waals surface area contributed by atoms with Gasteiger partial charge in [-0.15, -0.1) is 11.6 Å². The van der Waals surface area contributed by atoms with Gasteiger partial charge >= 0.3 is 0 Å². The highest BCUT2D eigenvalue weighted by Gasteiger charge is 2.24. The molecule has 94 valence electrons. The third kappa shape index (κ3) is 2.24. The fourth-order valence-corrected chi connectivity index (χ4v) is 3.36. The lowest BCUT2D eigenvalue weighted by atomic mass is 9.83. The van der Waals surface area contributed by atoms with Crippen molar-refractivity contribution in [3.05, 3.63) is 41.6 Å². The van der Waals surface area contributed by atoms with Crippen LogP contribution in [0.4, 0.5) is 0 Å². The molecule has 2 heteroatoms. The number of benzene rings is 1. The lowest BCUT2D eigenvalue weighted by molar-refractivity contribution is 0.451. The summed E-state index contributed by atoms with van der Waals surface area (Å²) in [4.78, 5) is 4.55. The molecule has 1 aromatic carbocycles. The summed E-state index contributed by atoms with van der Waals surface area (Å²) in [7, 11) is 0. The second-order valence-electron chi connectivity index (χ2n) is 5.31. The molecule has 3 rings (SSSR count). The predicted octanol–water partition coefficient (Wildman–Crippen LogP) is 4.81. The van der Waals surface area contributed by atoms with Crippen molar-refractivity contribution < 1.29 is 0 Å². The molecule has 0 amide bonds. The highest BCUT2D eigenvalue weighted by atomic mass is 35.5. The van der Waals surface area contributed by atoms with Crippen LogP contribution in [0.2, 0.25) is 0 Å². The zero-order valence-corrected chi connectivity index (χ0v) is 11.5. The van der Waals surface area contributed by atoms with Crippen LogP contribution in [0.3, 0.4) is 0 Å². The Morgan fingerprint density at radius 2 is 1.94 bits per heavy atom. The van der Waals surface area contributed by atoms with E-state index in [1.54, 1.807) is 0 Å². The summed E-state index contributed by atoms with van der Waals surface area (Å²) >= 11 is 6.48. The molecule has 1 aromatic heterocycles. The van der Waals surface area contributed by atoms with Gasteiger partial charge in [-0.2, -0.15) is 0 Å². The first-order valence-corrected chi connectivity index (χ1v) is 7.19. The molecule has 1 aliphatic carbocycles. The van der Waals surface area contributed by atoms with Gasteiger partial charge in [-0.1, -0.05) is 25.0 Å². The average Bonchev–Trinajstić information content (AvgIpc) is 2.39. The van der Waals surface area contributed by atoms with Crippen molar-refractivity contribution >= 4 is 22.5 Å². The Hall–Kier alpha value is -1.08. The second-order valence-corrected chi connectivity index (χ2v) is 5.87. The van der Waals surface area contributed by atoms with Crippen LogP contribution < -0.4 is 0 Å². The number of rotatable bonds is 1. The van der Waals surface area contributed by atoms with Gasteiger partial charge in [0, 0.05) is 22.4 Å². The molecule has 2 aromatic rings. The quantitative estimate of drug-likeness (QED) is 0.670. The third-order valence-electron chi connectivity index (χ3n) is 3.96. The molecule has 1 aliphatic rings. The number of hydrogen-bond acceptors (Lipinski definition) is 1. The van der Waals surface area contributed by atoms with Crippen LogP contribution in [0.1, 0.15) is 42.9 Å². The fourth-order valence-electron chi connectivity index (χ4n) is 2.94. The topological polar surface area (TPSA) is 12.9 Å². The van der Waals surface area contributed by atoms with Crippen molar-refractivity contribution in [2.45, 2.75) is 43.9 Å². The van der Waals surface area contributed by atoms with Gasteiger partial charge in [0.05, 0.1) is 5.52 Å². The van der Waals surface area contributed by atoms with Crippen molar-refractivity contribution in [3.8, 4) is 0 Å². The Bertz CT molecular complexity index is 564. The molecule has 1 saturated carbocycles. The summed E-state index contributed by atoms with van der Waals surface area (Å²) in [5.41, 5.74) is 3.54. The van der Waals surface area contributed by atoms with Crippen LogP contribution in [0.5, 0.6) is 0 Å². The van der Waals surface area contributed by atoms with Crippen molar-refractivity contribution in [2.24, 2.45) is 0 Å². The highest BCUT2D eigenvalue weighted by Crippen LogP contribution is 2.37. The average molecular weight is 260 g/mol. The smallest absolute Gasteiger partial charge is 0.0705 e. The van der Waals surface area contributed by atoms with Crippen molar-refractivity contribution in [3.63, 3.8) is 0 Å². The fraction of sp³-hybridized carbons (Fsp3) is 0.438. The number of nitrogens with zero attached hydrogens (tertiary/aromatic N) is 1. The maximum Gasteiger partial charge on any atom is 0.0705 e. The number of aryl methyl sites for hydroxylation is 1. The molecule has 0 spiro atoms. The summed E-state index contributed by atoms with van der Waals surface area (Å²) in [5, 5.41) is 1.53. The number of pyridine rings is 1. The van der Waals surface area contributed by atoms with E-state index < -0.39 is 0 Å². The number of hydrogen-bond donors (Lipinski definition) is 0. The van der Waals surface area contributed by atoms with Crippen molar-refractivity contribution in [1.82, 2.24) is 4.98 Å². The Kier molecular flexibility index (Phi) is 3.25. The van der Waals surface area contributed by atoms with E-state index in [0.717, 1.165) is 17.6 Å². The van der Waals surface area contributed by atoms with E-state index in [-0.39, 0.29) is 0 Å². The van der Waals surface area contributed by atoms with E-state index in [1.807, 2.05) is 6.92 Å². The maximum atomic E-state index is 6.48. The minimum atomic E-state index is 0.301. The summed E-state index contributed by atoms with van der Waals surface area (Å²) in [6.45, 7) is 2.03. The molecule has 1 heterocycles. The molecule has 0 radical (unpaired) electrons. The van der Waals surface area contributed by atoms with Crippen LogP contribution in [-0.4, -0.2) is 10.4 Å². The molecule has 18 heavy (non-hydrogen) atoms. The molecule has 0 aliphatic heterocycles. The standard InChI is InChI=1S/C16H18ClN/c1-11-6-7-13-10-12(8-9-16(13)18-11)14-4-2-3-5-15(14)17/h6-10,14-15H,2-5H2,1H3. The minimum Gasteiger partial charge on any atom is -0.253 e. The zero-order valence-electron chi connectivity index (χ0n) is 10.7. The van der Waals surface area contributed by atoms with Crippen LogP contribution >= 0.6 is 11.6 Å². The molecule has 2 unspecified atom stereocenters. The summed E-state index contributed by atoms with van der Waals surface area (Å²) in [5.74, 6) is 0.520.